The first-order valence-electron chi connectivity index (χ1n) is 6.84. The molecule has 0 unspecified atom stereocenters. The van der Waals surface area contributed by atoms with E-state index in [2.05, 4.69) is 35.6 Å². The molecule has 19 heavy (non-hydrogen) atoms. The van der Waals surface area contributed by atoms with Crippen LogP contribution in [0.1, 0.15) is 18.4 Å². The molecule has 0 saturated heterocycles. The van der Waals surface area contributed by atoms with Gasteiger partial charge in [0.25, 0.3) is 0 Å². The highest BCUT2D eigenvalue weighted by Gasteiger charge is 2.21. The number of nitrogens with one attached hydrogen (secondary N) is 1. The molecular formula is C17H19NO. The molecule has 0 aromatic heterocycles. The molecule has 2 heteroatoms. The van der Waals surface area contributed by atoms with Gasteiger partial charge >= 0.3 is 0 Å². The van der Waals surface area contributed by atoms with Crippen molar-refractivity contribution in [2.24, 2.45) is 5.92 Å². The molecule has 0 radical (unpaired) electrons. The van der Waals surface area contributed by atoms with Crippen LogP contribution in [-0.2, 0) is 6.42 Å². The smallest absolute Gasteiger partial charge is 0.142 e. The normalized spacial score (nSPS) is 14.2. The number of methoxy groups -OCH3 is 1. The van der Waals surface area contributed by atoms with Crippen LogP contribution >= 0.6 is 0 Å². The number of hydrogen-bond donors (Lipinski definition) is 1. The number of benzene rings is 2. The van der Waals surface area contributed by atoms with Crippen LogP contribution in [0.3, 0.4) is 0 Å². The predicted octanol–water partition coefficient (Wildman–Crippen LogP) is 4.39. The van der Waals surface area contributed by atoms with Crippen molar-refractivity contribution in [3.05, 3.63) is 54.1 Å². The zero-order valence-corrected chi connectivity index (χ0v) is 11.2. The number of ether oxygens (including phenoxy) is 1. The fourth-order valence-corrected chi connectivity index (χ4v) is 2.31. The number of hydrogen-bond acceptors (Lipinski definition) is 2. The summed E-state index contributed by atoms with van der Waals surface area (Å²) in [5, 5.41) is 3.43. The third-order valence-corrected chi connectivity index (χ3v) is 3.54. The maximum atomic E-state index is 5.43. The molecule has 98 valence electrons. The lowest BCUT2D eigenvalue weighted by molar-refractivity contribution is 0.416. The van der Waals surface area contributed by atoms with Crippen LogP contribution < -0.4 is 10.1 Å². The highest BCUT2D eigenvalue weighted by molar-refractivity contribution is 5.67. The second-order valence-electron chi connectivity index (χ2n) is 5.17. The first-order valence-corrected chi connectivity index (χ1v) is 6.84. The Balaban J connectivity index is 1.84. The lowest BCUT2D eigenvalue weighted by atomic mass is 10.1. The van der Waals surface area contributed by atoms with E-state index < -0.39 is 0 Å². The average molecular weight is 253 g/mol. The monoisotopic (exact) mass is 253 g/mol. The van der Waals surface area contributed by atoms with E-state index in [1.165, 1.54) is 24.8 Å². The zero-order valence-electron chi connectivity index (χ0n) is 11.2. The number of para-hydroxylation sites is 1. The van der Waals surface area contributed by atoms with E-state index in [9.17, 15) is 0 Å². The van der Waals surface area contributed by atoms with Crippen molar-refractivity contribution in [3.8, 4) is 5.75 Å². The van der Waals surface area contributed by atoms with Crippen molar-refractivity contribution in [2.45, 2.75) is 19.3 Å². The van der Waals surface area contributed by atoms with Gasteiger partial charge in [-0.1, -0.05) is 24.3 Å². The Kier molecular flexibility index (Phi) is 3.41. The Morgan fingerprint density at radius 3 is 2.58 bits per heavy atom. The average Bonchev–Trinajstić information content (AvgIpc) is 3.24. The van der Waals surface area contributed by atoms with Crippen molar-refractivity contribution in [1.29, 1.82) is 0 Å². The third-order valence-electron chi connectivity index (χ3n) is 3.54. The van der Waals surface area contributed by atoms with Crippen LogP contribution in [0.5, 0.6) is 5.75 Å². The van der Waals surface area contributed by atoms with Gasteiger partial charge in [-0.05, 0) is 55.0 Å². The van der Waals surface area contributed by atoms with Gasteiger partial charge in [0.2, 0.25) is 0 Å². The minimum Gasteiger partial charge on any atom is -0.495 e. The summed E-state index contributed by atoms with van der Waals surface area (Å²) in [6, 6.07) is 16.7. The molecule has 2 aromatic carbocycles. The largest absolute Gasteiger partial charge is 0.495 e. The van der Waals surface area contributed by atoms with Crippen LogP contribution in [0.4, 0.5) is 11.4 Å². The summed E-state index contributed by atoms with van der Waals surface area (Å²) in [5.41, 5.74) is 3.53. The molecule has 1 N–H and O–H groups in total. The van der Waals surface area contributed by atoms with Gasteiger partial charge in [-0.3, -0.25) is 0 Å². The van der Waals surface area contributed by atoms with Crippen LogP contribution in [0.25, 0.3) is 0 Å². The summed E-state index contributed by atoms with van der Waals surface area (Å²) < 4.78 is 5.43. The van der Waals surface area contributed by atoms with Crippen molar-refractivity contribution in [2.75, 3.05) is 12.4 Å². The van der Waals surface area contributed by atoms with Crippen LogP contribution in [-0.4, -0.2) is 7.11 Å². The van der Waals surface area contributed by atoms with Crippen molar-refractivity contribution < 1.29 is 4.74 Å². The van der Waals surface area contributed by atoms with Crippen LogP contribution in [0.15, 0.2) is 48.5 Å². The lowest BCUT2D eigenvalue weighted by Gasteiger charge is -2.13. The SMILES string of the molecule is COc1ccc(CC2CC2)cc1Nc1ccccc1. The lowest BCUT2D eigenvalue weighted by Crippen LogP contribution is -1.96. The quantitative estimate of drug-likeness (QED) is 0.853. The van der Waals surface area contributed by atoms with Crippen LogP contribution in [0, 0.1) is 5.92 Å². The van der Waals surface area contributed by atoms with Crippen molar-refractivity contribution >= 4 is 11.4 Å². The maximum absolute atomic E-state index is 5.43. The molecule has 2 nitrogen and oxygen atoms in total. The molecule has 0 atom stereocenters. The molecule has 0 spiro atoms. The standard InChI is InChI=1S/C17H19NO/c1-19-17-10-9-14(11-13-7-8-13)12-16(17)18-15-5-3-2-4-6-15/h2-6,9-10,12-13,18H,7-8,11H2,1H3. The van der Waals surface area contributed by atoms with E-state index in [4.69, 9.17) is 4.74 Å². The van der Waals surface area contributed by atoms with E-state index in [0.717, 1.165) is 23.0 Å². The first kappa shape index (κ1) is 12.1. The summed E-state index contributed by atoms with van der Waals surface area (Å²) >= 11 is 0. The van der Waals surface area contributed by atoms with Gasteiger partial charge in [0, 0.05) is 5.69 Å². The molecule has 0 heterocycles. The Labute approximate surface area is 114 Å². The van der Waals surface area contributed by atoms with Crippen molar-refractivity contribution in [1.82, 2.24) is 0 Å². The fraction of sp³-hybridized carbons (Fsp3) is 0.294. The maximum Gasteiger partial charge on any atom is 0.142 e. The molecule has 1 saturated carbocycles. The second kappa shape index (κ2) is 5.35. The molecule has 3 rings (SSSR count). The first-order chi connectivity index (χ1) is 9.35. The van der Waals surface area contributed by atoms with Gasteiger partial charge in [-0.25, -0.2) is 0 Å². The molecule has 1 aliphatic carbocycles. The van der Waals surface area contributed by atoms with Gasteiger partial charge in [-0.15, -0.1) is 0 Å². The molecule has 0 amide bonds. The Bertz CT molecular complexity index is 546. The molecule has 1 aliphatic rings. The molecule has 1 fully saturated rings. The highest BCUT2D eigenvalue weighted by Crippen LogP contribution is 2.35. The van der Waals surface area contributed by atoms with Gasteiger partial charge in [0.1, 0.15) is 5.75 Å². The summed E-state index contributed by atoms with van der Waals surface area (Å²) in [5.74, 6) is 1.79. The Morgan fingerprint density at radius 2 is 1.89 bits per heavy atom. The number of rotatable bonds is 5. The van der Waals surface area contributed by atoms with Gasteiger partial charge in [-0.2, -0.15) is 0 Å². The van der Waals surface area contributed by atoms with Gasteiger partial charge in [0.05, 0.1) is 12.8 Å². The summed E-state index contributed by atoms with van der Waals surface area (Å²) in [4.78, 5) is 0. The zero-order chi connectivity index (χ0) is 13.1. The van der Waals surface area contributed by atoms with E-state index in [0.29, 0.717) is 0 Å². The minimum absolute atomic E-state index is 0.892. The fourth-order valence-electron chi connectivity index (χ4n) is 2.31. The number of anilines is 2. The second-order valence-corrected chi connectivity index (χ2v) is 5.17. The highest BCUT2D eigenvalue weighted by atomic mass is 16.5. The molecule has 2 aromatic rings. The molecule has 0 aliphatic heterocycles. The van der Waals surface area contributed by atoms with E-state index in [1.807, 2.05) is 18.2 Å². The van der Waals surface area contributed by atoms with E-state index in [-0.39, 0.29) is 0 Å². The molecule has 0 bridgehead atoms. The van der Waals surface area contributed by atoms with E-state index in [1.54, 1.807) is 7.11 Å². The van der Waals surface area contributed by atoms with Gasteiger partial charge in [0.15, 0.2) is 0 Å². The Morgan fingerprint density at radius 1 is 1.11 bits per heavy atom. The molecular weight excluding hydrogens is 234 g/mol. The van der Waals surface area contributed by atoms with Crippen molar-refractivity contribution in [3.63, 3.8) is 0 Å². The third kappa shape index (κ3) is 3.08. The van der Waals surface area contributed by atoms with Crippen LogP contribution in [0.2, 0.25) is 0 Å². The topological polar surface area (TPSA) is 21.3 Å². The summed E-state index contributed by atoms with van der Waals surface area (Å²) in [7, 11) is 1.71. The summed E-state index contributed by atoms with van der Waals surface area (Å²) in [6.45, 7) is 0. The Hall–Kier alpha value is -1.96. The van der Waals surface area contributed by atoms with E-state index >= 15 is 0 Å². The predicted molar refractivity (Wildman–Crippen MR) is 79.1 cm³/mol. The van der Waals surface area contributed by atoms with Gasteiger partial charge < -0.3 is 10.1 Å². The minimum atomic E-state index is 0.892. The summed E-state index contributed by atoms with van der Waals surface area (Å²) in [6.07, 6.45) is 3.95.